The van der Waals surface area contributed by atoms with Gasteiger partial charge in [-0.25, -0.2) is 0 Å². The maximum Gasteiger partial charge on any atom is 0.313 e. The quantitative estimate of drug-likeness (QED) is 0.772. The fourth-order valence-corrected chi connectivity index (χ4v) is 4.40. The number of hydrogen-bond donors (Lipinski definition) is 1. The summed E-state index contributed by atoms with van der Waals surface area (Å²) in [5.41, 5.74) is -0.930. The van der Waals surface area contributed by atoms with E-state index in [1.807, 2.05) is 0 Å². The van der Waals surface area contributed by atoms with Gasteiger partial charge in [0.2, 0.25) is 5.91 Å². The van der Waals surface area contributed by atoms with Gasteiger partial charge in [0.25, 0.3) is 0 Å². The normalized spacial score (nSPS) is 31.0. The number of carboxylic acid groups (broad SMARTS) is 1. The molecule has 5 nitrogen and oxygen atoms in total. The number of methoxy groups -OCH3 is 1. The second-order valence-corrected chi connectivity index (χ2v) is 7.74. The molecule has 1 saturated carbocycles. The summed E-state index contributed by atoms with van der Waals surface area (Å²) in [6.45, 7) is 3.38. The number of hydrogen-bond acceptors (Lipinski definition) is 3. The number of aliphatic carboxylic acids is 1. The summed E-state index contributed by atoms with van der Waals surface area (Å²) in [4.78, 5) is 26.4. The molecule has 2 rings (SSSR count). The van der Waals surface area contributed by atoms with Crippen LogP contribution in [-0.4, -0.2) is 48.7 Å². The standard InChI is InChI=1S/C19H33NO4/c1-3-4-6-15-7-9-16(10-8-15)17(21)20-12-5-11-19(13-20,14-24-2)18(22)23/h15-16H,3-14H2,1-2H3,(H,22,23). The summed E-state index contributed by atoms with van der Waals surface area (Å²) in [5.74, 6) is 0.201. The lowest BCUT2D eigenvalue weighted by molar-refractivity contribution is -0.160. The topological polar surface area (TPSA) is 66.8 Å². The Bertz CT molecular complexity index is 427. The Morgan fingerprint density at radius 2 is 1.96 bits per heavy atom. The van der Waals surface area contributed by atoms with E-state index in [0.29, 0.717) is 19.5 Å². The largest absolute Gasteiger partial charge is 0.481 e. The van der Waals surface area contributed by atoms with Crippen LogP contribution in [0.4, 0.5) is 0 Å². The van der Waals surface area contributed by atoms with Crippen molar-refractivity contribution in [2.75, 3.05) is 26.8 Å². The molecule has 0 bridgehead atoms. The molecule has 2 fully saturated rings. The third kappa shape index (κ3) is 4.50. The van der Waals surface area contributed by atoms with E-state index < -0.39 is 11.4 Å². The zero-order chi connectivity index (χ0) is 17.6. The zero-order valence-corrected chi connectivity index (χ0v) is 15.3. The van der Waals surface area contributed by atoms with Crippen LogP contribution in [0.5, 0.6) is 0 Å². The first-order valence-corrected chi connectivity index (χ1v) is 9.53. The summed E-state index contributed by atoms with van der Waals surface area (Å²) in [5, 5.41) is 9.63. The summed E-state index contributed by atoms with van der Waals surface area (Å²) >= 11 is 0. The van der Waals surface area contributed by atoms with Gasteiger partial charge in [0.05, 0.1) is 6.61 Å². The number of rotatable bonds is 7. The minimum absolute atomic E-state index is 0.0926. The van der Waals surface area contributed by atoms with Gasteiger partial charge in [-0.1, -0.05) is 26.2 Å². The molecular formula is C19H33NO4. The monoisotopic (exact) mass is 339 g/mol. The number of carbonyl (C=O) groups excluding carboxylic acids is 1. The molecule has 1 saturated heterocycles. The van der Waals surface area contributed by atoms with Gasteiger partial charge in [0.1, 0.15) is 5.41 Å². The third-order valence-corrected chi connectivity index (χ3v) is 5.92. The highest BCUT2D eigenvalue weighted by atomic mass is 16.5. The second-order valence-electron chi connectivity index (χ2n) is 7.74. The van der Waals surface area contributed by atoms with E-state index in [-0.39, 0.29) is 18.4 Å². The van der Waals surface area contributed by atoms with Crippen molar-refractivity contribution in [1.82, 2.24) is 4.90 Å². The summed E-state index contributed by atoms with van der Waals surface area (Å²) < 4.78 is 5.15. The fourth-order valence-electron chi connectivity index (χ4n) is 4.40. The van der Waals surface area contributed by atoms with Crippen LogP contribution < -0.4 is 0 Å². The van der Waals surface area contributed by atoms with Gasteiger partial charge >= 0.3 is 5.97 Å². The lowest BCUT2D eigenvalue weighted by Gasteiger charge is -2.41. The molecule has 1 atom stereocenters. The predicted octanol–water partition coefficient (Wildman–Crippen LogP) is 3.32. The number of nitrogens with zero attached hydrogens (tertiary/aromatic N) is 1. The Morgan fingerprint density at radius 1 is 1.25 bits per heavy atom. The molecule has 2 aliphatic rings. The van der Waals surface area contributed by atoms with E-state index in [1.54, 1.807) is 4.90 Å². The first kappa shape index (κ1) is 19.2. The molecule has 1 unspecified atom stereocenters. The van der Waals surface area contributed by atoms with Crippen LogP contribution in [0.1, 0.15) is 64.7 Å². The van der Waals surface area contributed by atoms with E-state index >= 15 is 0 Å². The molecule has 1 aliphatic heterocycles. The Labute approximate surface area is 145 Å². The van der Waals surface area contributed by atoms with E-state index in [2.05, 4.69) is 6.92 Å². The number of ether oxygens (including phenoxy) is 1. The molecule has 24 heavy (non-hydrogen) atoms. The van der Waals surface area contributed by atoms with Gasteiger partial charge in [-0.3, -0.25) is 9.59 Å². The third-order valence-electron chi connectivity index (χ3n) is 5.92. The molecular weight excluding hydrogens is 306 g/mol. The highest BCUT2D eigenvalue weighted by Crippen LogP contribution is 2.36. The summed E-state index contributed by atoms with van der Waals surface area (Å²) in [7, 11) is 1.53. The second kappa shape index (κ2) is 8.84. The number of piperidine rings is 1. The average Bonchev–Trinajstić information content (AvgIpc) is 2.60. The molecule has 1 amide bonds. The van der Waals surface area contributed by atoms with Crippen LogP contribution in [0.25, 0.3) is 0 Å². The number of likely N-dealkylation sites (tertiary alicyclic amines) is 1. The zero-order valence-electron chi connectivity index (χ0n) is 15.3. The lowest BCUT2D eigenvalue weighted by Crippen LogP contribution is -2.53. The van der Waals surface area contributed by atoms with Crippen LogP contribution in [0.3, 0.4) is 0 Å². The molecule has 1 N–H and O–H groups in total. The van der Waals surface area contributed by atoms with Gasteiger partial charge in [-0.2, -0.15) is 0 Å². The maximum absolute atomic E-state index is 12.9. The smallest absolute Gasteiger partial charge is 0.313 e. The molecule has 1 aliphatic carbocycles. The van der Waals surface area contributed by atoms with E-state index in [0.717, 1.165) is 38.0 Å². The number of carbonyl (C=O) groups is 2. The molecule has 0 radical (unpaired) electrons. The summed E-state index contributed by atoms with van der Waals surface area (Å²) in [6, 6.07) is 0. The Balaban J connectivity index is 1.91. The lowest BCUT2D eigenvalue weighted by atomic mass is 9.77. The first-order valence-electron chi connectivity index (χ1n) is 9.53. The Kier molecular flexibility index (Phi) is 7.08. The number of carboxylic acids is 1. The SMILES string of the molecule is CCCCC1CCC(C(=O)N2CCCC(COC)(C(=O)O)C2)CC1. The van der Waals surface area contributed by atoms with Crippen molar-refractivity contribution in [1.29, 1.82) is 0 Å². The van der Waals surface area contributed by atoms with Crippen molar-refractivity contribution in [3.05, 3.63) is 0 Å². The van der Waals surface area contributed by atoms with Gasteiger partial charge in [0.15, 0.2) is 0 Å². The van der Waals surface area contributed by atoms with Crippen molar-refractivity contribution >= 4 is 11.9 Å². The first-order chi connectivity index (χ1) is 11.5. The van der Waals surface area contributed by atoms with Gasteiger partial charge in [-0.15, -0.1) is 0 Å². The van der Waals surface area contributed by atoms with E-state index in [1.165, 1.54) is 26.4 Å². The fraction of sp³-hybridized carbons (Fsp3) is 0.895. The predicted molar refractivity (Wildman–Crippen MR) is 92.7 cm³/mol. The molecule has 138 valence electrons. The van der Waals surface area contributed by atoms with Crippen molar-refractivity contribution in [3.8, 4) is 0 Å². The van der Waals surface area contributed by atoms with Crippen molar-refractivity contribution in [2.45, 2.75) is 64.7 Å². The van der Waals surface area contributed by atoms with E-state index in [4.69, 9.17) is 4.74 Å². The molecule has 0 aromatic rings. The Morgan fingerprint density at radius 3 is 2.54 bits per heavy atom. The molecule has 0 aromatic carbocycles. The van der Waals surface area contributed by atoms with Gasteiger partial charge in [0, 0.05) is 26.1 Å². The number of amides is 1. The van der Waals surface area contributed by atoms with Gasteiger partial charge in [-0.05, 0) is 44.4 Å². The van der Waals surface area contributed by atoms with Crippen LogP contribution in [0.2, 0.25) is 0 Å². The number of unbranched alkanes of at least 4 members (excludes halogenated alkanes) is 1. The van der Waals surface area contributed by atoms with Crippen LogP contribution >= 0.6 is 0 Å². The molecule has 0 aromatic heterocycles. The van der Waals surface area contributed by atoms with Crippen molar-refractivity contribution in [2.24, 2.45) is 17.3 Å². The molecule has 0 spiro atoms. The minimum Gasteiger partial charge on any atom is -0.481 e. The van der Waals surface area contributed by atoms with Crippen LogP contribution in [0.15, 0.2) is 0 Å². The van der Waals surface area contributed by atoms with Crippen LogP contribution in [-0.2, 0) is 14.3 Å². The molecule has 1 heterocycles. The Hall–Kier alpha value is -1.10. The van der Waals surface area contributed by atoms with Crippen molar-refractivity contribution < 1.29 is 19.4 Å². The van der Waals surface area contributed by atoms with E-state index in [9.17, 15) is 14.7 Å². The molecule has 5 heteroatoms. The minimum atomic E-state index is -0.930. The highest BCUT2D eigenvalue weighted by molar-refractivity contribution is 5.81. The maximum atomic E-state index is 12.9. The van der Waals surface area contributed by atoms with Crippen molar-refractivity contribution in [3.63, 3.8) is 0 Å². The average molecular weight is 339 g/mol. The van der Waals surface area contributed by atoms with Gasteiger partial charge < -0.3 is 14.7 Å². The highest BCUT2D eigenvalue weighted by Gasteiger charge is 2.44. The summed E-state index contributed by atoms with van der Waals surface area (Å²) in [6.07, 6.45) is 9.37. The van der Waals surface area contributed by atoms with Crippen LogP contribution in [0, 0.1) is 17.3 Å².